The van der Waals surface area contributed by atoms with Gasteiger partial charge in [0.2, 0.25) is 5.91 Å². The van der Waals surface area contributed by atoms with Crippen LogP contribution in [-0.2, 0) is 14.3 Å². The van der Waals surface area contributed by atoms with Gasteiger partial charge in [0.15, 0.2) is 6.29 Å². The SMILES string of the molecule is CCC(C)C(N)C(=O)NC(C)C(OC)OC. The van der Waals surface area contributed by atoms with Crippen molar-refractivity contribution in [3.05, 3.63) is 0 Å². The average molecular weight is 232 g/mol. The van der Waals surface area contributed by atoms with E-state index in [2.05, 4.69) is 5.32 Å². The van der Waals surface area contributed by atoms with Crippen LogP contribution in [-0.4, -0.2) is 38.5 Å². The van der Waals surface area contributed by atoms with Crippen molar-refractivity contribution < 1.29 is 14.3 Å². The molecule has 0 fully saturated rings. The maximum absolute atomic E-state index is 11.7. The fourth-order valence-electron chi connectivity index (χ4n) is 1.41. The zero-order valence-electron chi connectivity index (χ0n) is 10.8. The molecule has 0 aliphatic rings. The molecule has 0 saturated carbocycles. The largest absolute Gasteiger partial charge is 0.354 e. The number of rotatable bonds is 7. The maximum Gasteiger partial charge on any atom is 0.237 e. The Kier molecular flexibility index (Phi) is 7.29. The minimum atomic E-state index is -0.484. The molecule has 5 nitrogen and oxygen atoms in total. The molecule has 0 aromatic heterocycles. The van der Waals surface area contributed by atoms with Crippen molar-refractivity contribution in [2.75, 3.05) is 14.2 Å². The normalized spacial score (nSPS) is 16.9. The molecule has 0 bridgehead atoms. The first-order chi connectivity index (χ1) is 7.47. The first kappa shape index (κ1) is 15.3. The predicted molar refractivity (Wildman–Crippen MR) is 62.8 cm³/mol. The Hall–Kier alpha value is -0.650. The summed E-state index contributed by atoms with van der Waals surface area (Å²) < 4.78 is 10.1. The van der Waals surface area contributed by atoms with E-state index in [1.165, 1.54) is 14.2 Å². The highest BCUT2D eigenvalue weighted by Crippen LogP contribution is 2.06. The Bertz CT molecular complexity index is 207. The van der Waals surface area contributed by atoms with Gasteiger partial charge in [0.05, 0.1) is 12.1 Å². The first-order valence-electron chi connectivity index (χ1n) is 5.59. The maximum atomic E-state index is 11.7. The van der Waals surface area contributed by atoms with Gasteiger partial charge in [0.25, 0.3) is 0 Å². The monoisotopic (exact) mass is 232 g/mol. The highest BCUT2D eigenvalue weighted by molar-refractivity contribution is 5.82. The summed E-state index contributed by atoms with van der Waals surface area (Å²) in [5.41, 5.74) is 5.81. The quantitative estimate of drug-likeness (QED) is 0.626. The van der Waals surface area contributed by atoms with Gasteiger partial charge in [0.1, 0.15) is 0 Å². The highest BCUT2D eigenvalue weighted by atomic mass is 16.7. The van der Waals surface area contributed by atoms with Crippen LogP contribution < -0.4 is 11.1 Å². The van der Waals surface area contributed by atoms with Crippen LogP contribution in [0.15, 0.2) is 0 Å². The van der Waals surface area contributed by atoms with E-state index in [9.17, 15) is 4.79 Å². The minimum Gasteiger partial charge on any atom is -0.354 e. The summed E-state index contributed by atoms with van der Waals surface area (Å²) in [4.78, 5) is 11.7. The smallest absolute Gasteiger partial charge is 0.237 e. The summed E-state index contributed by atoms with van der Waals surface area (Å²) >= 11 is 0. The fraction of sp³-hybridized carbons (Fsp3) is 0.909. The van der Waals surface area contributed by atoms with Crippen molar-refractivity contribution in [2.45, 2.75) is 45.6 Å². The Balaban J connectivity index is 4.22. The van der Waals surface area contributed by atoms with E-state index >= 15 is 0 Å². The van der Waals surface area contributed by atoms with Gasteiger partial charge >= 0.3 is 0 Å². The lowest BCUT2D eigenvalue weighted by atomic mass is 9.99. The molecule has 0 aliphatic carbocycles. The zero-order valence-corrected chi connectivity index (χ0v) is 10.8. The number of nitrogens with one attached hydrogen (secondary N) is 1. The predicted octanol–water partition coefficient (Wildman–Crippen LogP) is 0.483. The molecule has 5 heteroatoms. The van der Waals surface area contributed by atoms with E-state index in [-0.39, 0.29) is 17.9 Å². The van der Waals surface area contributed by atoms with Crippen molar-refractivity contribution in [3.63, 3.8) is 0 Å². The minimum absolute atomic E-state index is 0.163. The second-order valence-electron chi connectivity index (χ2n) is 4.05. The van der Waals surface area contributed by atoms with Crippen LogP contribution in [0, 0.1) is 5.92 Å². The Morgan fingerprint density at radius 2 is 1.81 bits per heavy atom. The molecule has 0 rings (SSSR count). The molecule has 1 amide bonds. The molecule has 0 saturated heterocycles. The highest BCUT2D eigenvalue weighted by Gasteiger charge is 2.24. The molecule has 3 atom stereocenters. The Morgan fingerprint density at radius 3 is 2.19 bits per heavy atom. The number of nitrogens with two attached hydrogens (primary N) is 1. The van der Waals surface area contributed by atoms with Crippen LogP contribution in [0.4, 0.5) is 0 Å². The van der Waals surface area contributed by atoms with E-state index in [1.54, 1.807) is 0 Å². The van der Waals surface area contributed by atoms with Crippen LogP contribution in [0.3, 0.4) is 0 Å². The van der Waals surface area contributed by atoms with E-state index in [4.69, 9.17) is 15.2 Å². The second kappa shape index (κ2) is 7.60. The van der Waals surface area contributed by atoms with Gasteiger partial charge in [-0.3, -0.25) is 4.79 Å². The molecule has 0 heterocycles. The second-order valence-corrected chi connectivity index (χ2v) is 4.05. The summed E-state index contributed by atoms with van der Waals surface area (Å²) in [5.74, 6) is -0.00307. The van der Waals surface area contributed by atoms with Gasteiger partial charge in [-0.05, 0) is 12.8 Å². The van der Waals surface area contributed by atoms with Crippen molar-refractivity contribution >= 4 is 5.91 Å². The average Bonchev–Trinajstić information content (AvgIpc) is 2.28. The van der Waals surface area contributed by atoms with Crippen LogP contribution in [0.5, 0.6) is 0 Å². The molecule has 3 unspecified atom stereocenters. The van der Waals surface area contributed by atoms with Gasteiger partial charge < -0.3 is 20.5 Å². The third-order valence-corrected chi connectivity index (χ3v) is 2.80. The fourth-order valence-corrected chi connectivity index (χ4v) is 1.41. The number of hydrogen-bond donors (Lipinski definition) is 2. The summed E-state index contributed by atoms with van der Waals surface area (Å²) in [5, 5.41) is 2.78. The van der Waals surface area contributed by atoms with Crippen LogP contribution in [0.25, 0.3) is 0 Å². The van der Waals surface area contributed by atoms with Crippen LogP contribution >= 0.6 is 0 Å². The molecule has 0 aliphatic heterocycles. The molecular formula is C11H24N2O3. The van der Waals surface area contributed by atoms with Crippen molar-refractivity contribution in [1.82, 2.24) is 5.32 Å². The summed E-state index contributed by atoms with van der Waals surface area (Å²) in [7, 11) is 3.07. The molecule has 0 aromatic carbocycles. The third kappa shape index (κ3) is 4.47. The lowest BCUT2D eigenvalue weighted by molar-refractivity contribution is -0.137. The van der Waals surface area contributed by atoms with E-state index < -0.39 is 12.3 Å². The number of ether oxygens (including phenoxy) is 2. The molecule has 3 N–H and O–H groups in total. The number of amides is 1. The third-order valence-electron chi connectivity index (χ3n) is 2.80. The van der Waals surface area contributed by atoms with E-state index in [0.29, 0.717) is 0 Å². The van der Waals surface area contributed by atoms with Crippen molar-refractivity contribution in [1.29, 1.82) is 0 Å². The standard InChI is InChI=1S/C11H24N2O3/c1-6-7(2)9(12)10(14)13-8(3)11(15-4)16-5/h7-9,11H,6,12H2,1-5H3,(H,13,14). The van der Waals surface area contributed by atoms with Crippen molar-refractivity contribution in [2.24, 2.45) is 11.7 Å². The van der Waals surface area contributed by atoms with Gasteiger partial charge in [-0.25, -0.2) is 0 Å². The Labute approximate surface area is 97.7 Å². The van der Waals surface area contributed by atoms with E-state index in [0.717, 1.165) is 6.42 Å². The zero-order chi connectivity index (χ0) is 12.7. The van der Waals surface area contributed by atoms with E-state index in [1.807, 2.05) is 20.8 Å². The van der Waals surface area contributed by atoms with Gasteiger partial charge in [-0.1, -0.05) is 20.3 Å². The summed E-state index contributed by atoms with van der Waals surface area (Å²) in [6, 6.07) is -0.709. The summed E-state index contributed by atoms with van der Waals surface area (Å²) in [6.45, 7) is 5.78. The topological polar surface area (TPSA) is 73.6 Å². The molecular weight excluding hydrogens is 208 g/mol. The molecule has 0 spiro atoms. The van der Waals surface area contributed by atoms with Gasteiger partial charge in [0, 0.05) is 14.2 Å². The number of carbonyl (C=O) groups excluding carboxylic acids is 1. The lowest BCUT2D eigenvalue weighted by Crippen LogP contribution is -2.51. The lowest BCUT2D eigenvalue weighted by Gasteiger charge is -2.25. The van der Waals surface area contributed by atoms with Crippen LogP contribution in [0.1, 0.15) is 27.2 Å². The number of methoxy groups -OCH3 is 2. The molecule has 0 radical (unpaired) electrons. The van der Waals surface area contributed by atoms with Gasteiger partial charge in [-0.15, -0.1) is 0 Å². The Morgan fingerprint density at radius 1 is 1.31 bits per heavy atom. The first-order valence-corrected chi connectivity index (χ1v) is 5.59. The molecule has 0 aromatic rings. The molecule has 16 heavy (non-hydrogen) atoms. The van der Waals surface area contributed by atoms with Gasteiger partial charge in [-0.2, -0.15) is 0 Å². The number of hydrogen-bond acceptors (Lipinski definition) is 4. The number of carbonyl (C=O) groups is 1. The van der Waals surface area contributed by atoms with Crippen LogP contribution in [0.2, 0.25) is 0 Å². The summed E-state index contributed by atoms with van der Waals surface area (Å²) in [6.07, 6.45) is 0.425. The van der Waals surface area contributed by atoms with Crippen molar-refractivity contribution in [3.8, 4) is 0 Å². The molecule has 96 valence electrons.